The number of hydrogen-bond acceptors (Lipinski definition) is 6. The first kappa shape index (κ1) is 20.0. The van der Waals surface area contributed by atoms with Gasteiger partial charge in [-0.15, -0.1) is 0 Å². The third-order valence-electron chi connectivity index (χ3n) is 5.70. The van der Waals surface area contributed by atoms with Crippen LogP contribution in [-0.2, 0) is 16.0 Å². The van der Waals surface area contributed by atoms with Gasteiger partial charge in [0.2, 0.25) is 5.91 Å². The van der Waals surface area contributed by atoms with Gasteiger partial charge in [-0.3, -0.25) is 9.69 Å². The van der Waals surface area contributed by atoms with Crippen LogP contribution in [0.4, 0.5) is 5.82 Å². The van der Waals surface area contributed by atoms with Gasteiger partial charge >= 0.3 is 0 Å². The van der Waals surface area contributed by atoms with Gasteiger partial charge < -0.3 is 14.5 Å². The molecule has 3 heterocycles. The van der Waals surface area contributed by atoms with Crippen molar-refractivity contribution < 1.29 is 9.53 Å². The lowest BCUT2D eigenvalue weighted by Crippen LogP contribution is -2.46. The topological polar surface area (TPSA) is 61.8 Å². The van der Waals surface area contributed by atoms with Gasteiger partial charge in [-0.2, -0.15) is 0 Å². The number of aryl methyl sites for hydroxylation is 2. The number of amides is 1. The first-order valence-corrected chi connectivity index (χ1v) is 10.2. The summed E-state index contributed by atoms with van der Waals surface area (Å²) in [6, 6.07) is 2.74. The molecule has 2 saturated heterocycles. The van der Waals surface area contributed by atoms with Crippen molar-refractivity contribution >= 4 is 11.7 Å². The summed E-state index contributed by atoms with van der Waals surface area (Å²) < 4.78 is 5.00. The first-order valence-electron chi connectivity index (χ1n) is 10.2. The Labute approximate surface area is 162 Å². The van der Waals surface area contributed by atoms with Crippen LogP contribution >= 0.6 is 0 Å². The van der Waals surface area contributed by atoms with Gasteiger partial charge in [0, 0.05) is 64.2 Å². The van der Waals surface area contributed by atoms with Crippen LogP contribution in [-0.4, -0.2) is 84.7 Å². The third-order valence-corrected chi connectivity index (χ3v) is 5.70. The van der Waals surface area contributed by atoms with Gasteiger partial charge in [0.1, 0.15) is 18.2 Å². The predicted molar refractivity (Wildman–Crippen MR) is 106 cm³/mol. The number of aromatic nitrogens is 2. The van der Waals surface area contributed by atoms with Gasteiger partial charge in [0.25, 0.3) is 0 Å². The van der Waals surface area contributed by atoms with Crippen LogP contribution in [0.25, 0.3) is 0 Å². The van der Waals surface area contributed by atoms with Crippen molar-refractivity contribution in [2.24, 2.45) is 0 Å². The van der Waals surface area contributed by atoms with Crippen LogP contribution < -0.4 is 4.90 Å². The summed E-state index contributed by atoms with van der Waals surface area (Å²) >= 11 is 0. The van der Waals surface area contributed by atoms with E-state index in [0.29, 0.717) is 6.04 Å². The number of piperidine rings is 1. The van der Waals surface area contributed by atoms with Crippen molar-refractivity contribution in [3.63, 3.8) is 0 Å². The zero-order valence-corrected chi connectivity index (χ0v) is 17.0. The molecule has 0 spiro atoms. The highest BCUT2D eigenvalue weighted by atomic mass is 16.5. The van der Waals surface area contributed by atoms with Gasteiger partial charge in [-0.1, -0.05) is 6.92 Å². The highest BCUT2D eigenvalue weighted by Crippen LogP contribution is 2.23. The number of ether oxygens (including phenoxy) is 1. The Morgan fingerprint density at radius 3 is 2.63 bits per heavy atom. The van der Waals surface area contributed by atoms with Crippen LogP contribution in [0.5, 0.6) is 0 Å². The summed E-state index contributed by atoms with van der Waals surface area (Å²) in [6.45, 7) is 10.1. The molecule has 0 saturated carbocycles. The van der Waals surface area contributed by atoms with E-state index >= 15 is 0 Å². The number of nitrogens with zero attached hydrogens (tertiary/aromatic N) is 5. The second-order valence-corrected chi connectivity index (χ2v) is 7.54. The maximum absolute atomic E-state index is 12.1. The van der Waals surface area contributed by atoms with Crippen molar-refractivity contribution in [1.29, 1.82) is 0 Å². The van der Waals surface area contributed by atoms with Gasteiger partial charge in [-0.25, -0.2) is 9.97 Å². The largest absolute Gasteiger partial charge is 0.375 e. The molecule has 1 amide bonds. The Morgan fingerprint density at radius 1 is 1.15 bits per heavy atom. The van der Waals surface area contributed by atoms with Crippen LogP contribution in [0.2, 0.25) is 0 Å². The first-order chi connectivity index (χ1) is 13.1. The molecular formula is C20H33N5O2. The van der Waals surface area contributed by atoms with Gasteiger partial charge in [0.05, 0.1) is 0 Å². The van der Waals surface area contributed by atoms with Crippen LogP contribution in [0, 0.1) is 6.92 Å². The van der Waals surface area contributed by atoms with Crippen molar-refractivity contribution in [2.45, 2.75) is 45.6 Å². The van der Waals surface area contributed by atoms with Gasteiger partial charge in [-0.05, 0) is 32.6 Å². The van der Waals surface area contributed by atoms with E-state index in [2.05, 4.69) is 32.8 Å². The van der Waals surface area contributed by atoms with E-state index in [1.807, 2.05) is 11.8 Å². The van der Waals surface area contributed by atoms with E-state index in [9.17, 15) is 4.79 Å². The number of carbonyl (C=O) groups is 1. The molecule has 0 bridgehead atoms. The molecule has 2 aliphatic heterocycles. The average molecular weight is 376 g/mol. The maximum atomic E-state index is 12.1. The lowest BCUT2D eigenvalue weighted by molar-refractivity contribution is -0.135. The summed E-state index contributed by atoms with van der Waals surface area (Å²) in [4.78, 5) is 28.2. The molecule has 3 rings (SSSR count). The lowest BCUT2D eigenvalue weighted by Gasteiger charge is -2.38. The Bertz CT molecular complexity index is 631. The average Bonchev–Trinajstić information content (AvgIpc) is 2.94. The van der Waals surface area contributed by atoms with E-state index < -0.39 is 0 Å². The number of hydrogen-bond donors (Lipinski definition) is 0. The van der Waals surface area contributed by atoms with Gasteiger partial charge in [0.15, 0.2) is 0 Å². The number of methoxy groups -OCH3 is 1. The molecule has 1 aromatic rings. The van der Waals surface area contributed by atoms with E-state index in [-0.39, 0.29) is 12.5 Å². The Morgan fingerprint density at radius 2 is 1.93 bits per heavy atom. The standard InChI is InChI=1S/C20H33N5O2/c1-4-17-14-19(22-16(2)21-17)24-10-6-18(7-11-24)23-8-5-9-25(13-12-23)20(26)15-27-3/h14,18H,4-13,15H2,1-3H3. The third kappa shape index (κ3) is 5.17. The van der Waals surface area contributed by atoms with Crippen LogP contribution in [0.3, 0.4) is 0 Å². The summed E-state index contributed by atoms with van der Waals surface area (Å²) in [7, 11) is 1.58. The minimum atomic E-state index is 0.111. The van der Waals surface area contributed by atoms with Crippen molar-refractivity contribution in [3.8, 4) is 0 Å². The molecule has 0 aliphatic carbocycles. The summed E-state index contributed by atoms with van der Waals surface area (Å²) in [6.07, 6.45) is 4.28. The molecule has 150 valence electrons. The van der Waals surface area contributed by atoms with Crippen molar-refractivity contribution in [2.75, 3.05) is 57.9 Å². The Balaban J connectivity index is 1.53. The highest BCUT2D eigenvalue weighted by molar-refractivity contribution is 5.77. The molecule has 7 nitrogen and oxygen atoms in total. The van der Waals surface area contributed by atoms with E-state index in [4.69, 9.17) is 4.74 Å². The number of carbonyl (C=O) groups excluding carboxylic acids is 1. The molecule has 2 fully saturated rings. The van der Waals surface area contributed by atoms with Crippen LogP contribution in [0.1, 0.15) is 37.7 Å². The maximum Gasteiger partial charge on any atom is 0.248 e. The fourth-order valence-corrected chi connectivity index (χ4v) is 4.18. The highest BCUT2D eigenvalue weighted by Gasteiger charge is 2.28. The van der Waals surface area contributed by atoms with Crippen molar-refractivity contribution in [3.05, 3.63) is 17.6 Å². The smallest absolute Gasteiger partial charge is 0.248 e. The molecule has 0 atom stereocenters. The molecule has 2 aliphatic rings. The molecule has 7 heteroatoms. The Hall–Kier alpha value is -1.73. The second-order valence-electron chi connectivity index (χ2n) is 7.54. The molecule has 27 heavy (non-hydrogen) atoms. The van der Waals surface area contributed by atoms with Crippen molar-refractivity contribution in [1.82, 2.24) is 19.8 Å². The lowest BCUT2D eigenvalue weighted by atomic mass is 10.0. The SMILES string of the molecule is CCc1cc(N2CCC(N3CCCN(C(=O)COC)CC3)CC2)nc(C)n1. The van der Waals surface area contributed by atoms with E-state index in [1.165, 1.54) is 0 Å². The quantitative estimate of drug-likeness (QED) is 0.777. The summed E-state index contributed by atoms with van der Waals surface area (Å²) in [5, 5.41) is 0. The zero-order valence-electron chi connectivity index (χ0n) is 17.0. The number of anilines is 1. The fraction of sp³-hybridized carbons (Fsp3) is 0.750. The molecule has 0 N–H and O–H groups in total. The molecular weight excluding hydrogens is 342 g/mol. The number of rotatable bonds is 5. The molecule has 0 aromatic carbocycles. The summed E-state index contributed by atoms with van der Waals surface area (Å²) in [5.41, 5.74) is 1.12. The van der Waals surface area contributed by atoms with Crippen LogP contribution in [0.15, 0.2) is 6.07 Å². The second kappa shape index (κ2) is 9.46. The van der Waals surface area contributed by atoms with E-state index in [1.54, 1.807) is 7.11 Å². The minimum Gasteiger partial charge on any atom is -0.375 e. The monoisotopic (exact) mass is 375 g/mol. The summed E-state index contributed by atoms with van der Waals surface area (Å²) in [5.74, 6) is 2.05. The van der Waals surface area contributed by atoms with E-state index in [0.717, 1.165) is 82.3 Å². The minimum absolute atomic E-state index is 0.111. The Kier molecular flexibility index (Phi) is 7.01. The predicted octanol–water partition coefficient (Wildman–Crippen LogP) is 1.50. The normalized spacial score (nSPS) is 20.0. The molecule has 0 radical (unpaired) electrons. The zero-order chi connectivity index (χ0) is 19.2. The molecule has 1 aromatic heterocycles. The molecule has 0 unspecified atom stereocenters. The fourth-order valence-electron chi connectivity index (χ4n) is 4.18.